The molecule has 0 radical (unpaired) electrons. The van der Waals surface area contributed by atoms with Crippen LogP contribution in [0.4, 0.5) is 14.5 Å². The fourth-order valence-corrected chi connectivity index (χ4v) is 4.19. The number of pyridine rings is 1. The average molecular weight is 473 g/mol. The molecule has 2 heterocycles. The molecule has 32 heavy (non-hydrogen) atoms. The number of rotatable bonds is 5. The summed E-state index contributed by atoms with van der Waals surface area (Å²) in [6, 6.07) is 1.11. The lowest BCUT2D eigenvalue weighted by molar-refractivity contribution is -0.359. The Kier molecular flexibility index (Phi) is 7.90. The summed E-state index contributed by atoms with van der Waals surface area (Å²) < 4.78 is 36.7. The van der Waals surface area contributed by atoms with Crippen molar-refractivity contribution in [3.05, 3.63) is 45.3 Å². The highest BCUT2D eigenvalue weighted by Gasteiger charge is 2.32. The Hall–Kier alpha value is -2.65. The molecule has 0 atom stereocenters. The van der Waals surface area contributed by atoms with Gasteiger partial charge in [-0.2, -0.15) is 0 Å². The van der Waals surface area contributed by atoms with Crippen LogP contribution in [0.15, 0.2) is 28.5 Å². The van der Waals surface area contributed by atoms with E-state index in [1.807, 2.05) is 0 Å². The van der Waals surface area contributed by atoms with E-state index in [0.717, 1.165) is 18.9 Å². The standard InChI is InChI=1S/C21H23F2N3O4.CH4.ClH/c1-30-20-17-13(19(27)14(21(28)29)10-26(17)12-4-5-12)7-15(22)18(20)25-6-2-3-11(9-25)16(23)8-24;;/h7,10,12H,2-6,8-9,24H2,1H3,(H,28,29);1H4;1H/p+1/b16-11+;;. The lowest BCUT2D eigenvalue weighted by Gasteiger charge is -2.32. The third-order valence-electron chi connectivity index (χ3n) is 5.78. The van der Waals surface area contributed by atoms with E-state index in [1.165, 1.54) is 13.3 Å². The van der Waals surface area contributed by atoms with Crippen LogP contribution in [-0.2, 0) is 0 Å². The zero-order valence-electron chi connectivity index (χ0n) is 17.1. The monoisotopic (exact) mass is 472 g/mol. The molecule has 1 aliphatic heterocycles. The molecule has 1 aliphatic carbocycles. The summed E-state index contributed by atoms with van der Waals surface area (Å²) in [5.74, 6) is -2.17. The van der Waals surface area contributed by atoms with E-state index >= 15 is 4.39 Å². The summed E-state index contributed by atoms with van der Waals surface area (Å²) in [5, 5.41) is 9.39. The van der Waals surface area contributed by atoms with Crippen LogP contribution in [0.5, 0.6) is 5.75 Å². The maximum Gasteiger partial charge on any atom is 0.341 e. The molecule has 1 aromatic heterocycles. The highest BCUT2D eigenvalue weighted by molar-refractivity contribution is 5.97. The van der Waals surface area contributed by atoms with Crippen molar-refractivity contribution in [2.75, 3.05) is 31.6 Å². The van der Waals surface area contributed by atoms with Gasteiger partial charge in [0.05, 0.1) is 18.0 Å². The first kappa shape index (κ1) is 25.6. The van der Waals surface area contributed by atoms with Crippen molar-refractivity contribution in [3.8, 4) is 5.75 Å². The van der Waals surface area contributed by atoms with Crippen molar-refractivity contribution >= 4 is 35.0 Å². The first-order valence-electron chi connectivity index (χ1n) is 9.96. The molecule has 7 nitrogen and oxygen atoms in total. The van der Waals surface area contributed by atoms with Gasteiger partial charge in [-0.1, -0.05) is 7.43 Å². The van der Waals surface area contributed by atoms with Crippen molar-refractivity contribution in [2.24, 2.45) is 0 Å². The van der Waals surface area contributed by atoms with Gasteiger partial charge >= 0.3 is 5.97 Å². The smallest absolute Gasteiger partial charge is 0.341 e. The van der Waals surface area contributed by atoms with Crippen molar-refractivity contribution in [1.82, 2.24) is 4.57 Å². The van der Waals surface area contributed by atoms with Crippen molar-refractivity contribution < 1.29 is 29.2 Å². The summed E-state index contributed by atoms with van der Waals surface area (Å²) in [4.78, 5) is 26.0. The summed E-state index contributed by atoms with van der Waals surface area (Å²) in [5.41, 5.74) is 3.56. The zero-order chi connectivity index (χ0) is 21.6. The van der Waals surface area contributed by atoms with Crippen LogP contribution in [0.1, 0.15) is 49.5 Å². The van der Waals surface area contributed by atoms with Gasteiger partial charge in [0.25, 0.3) is 0 Å². The zero-order valence-corrected chi connectivity index (χ0v) is 17.9. The number of carbonyl (C=O) groups is 1. The van der Waals surface area contributed by atoms with E-state index in [2.05, 4.69) is 5.73 Å². The SMILES string of the molecule is C.COc1c(N2CCC/C(=C(\F)C[NH3+])C2)c(F)cc2c(=O)c(C(=O)O)cn(C3CC3)c12.Cl. The summed E-state index contributed by atoms with van der Waals surface area (Å²) in [7, 11) is 1.39. The minimum Gasteiger partial charge on any atom is -0.492 e. The molecular weight excluding hydrogens is 444 g/mol. The van der Waals surface area contributed by atoms with Gasteiger partial charge in [-0.3, -0.25) is 4.79 Å². The molecule has 1 saturated heterocycles. The Morgan fingerprint density at radius 2 is 2.06 bits per heavy atom. The van der Waals surface area contributed by atoms with Crippen LogP contribution < -0.4 is 20.8 Å². The van der Waals surface area contributed by atoms with Gasteiger partial charge < -0.3 is 25.0 Å². The summed E-state index contributed by atoms with van der Waals surface area (Å²) >= 11 is 0. The van der Waals surface area contributed by atoms with E-state index in [9.17, 15) is 19.1 Å². The first-order chi connectivity index (χ1) is 14.4. The molecule has 0 bridgehead atoms. The second kappa shape index (κ2) is 9.87. The van der Waals surface area contributed by atoms with Crippen LogP contribution in [0.25, 0.3) is 10.9 Å². The van der Waals surface area contributed by atoms with Crippen LogP contribution >= 0.6 is 12.4 Å². The quantitative estimate of drug-likeness (QED) is 0.695. The number of aromatic carboxylic acids is 1. The second-order valence-corrected chi connectivity index (χ2v) is 7.74. The molecule has 10 heteroatoms. The molecular formula is C22H29ClF2N3O4+. The molecule has 0 amide bonds. The number of piperidine rings is 1. The Morgan fingerprint density at radius 1 is 1.38 bits per heavy atom. The summed E-state index contributed by atoms with van der Waals surface area (Å²) in [6.45, 7) is 0.758. The predicted molar refractivity (Wildman–Crippen MR) is 121 cm³/mol. The number of hydrogen-bond donors (Lipinski definition) is 2. The van der Waals surface area contributed by atoms with E-state index in [1.54, 1.807) is 9.47 Å². The largest absolute Gasteiger partial charge is 0.492 e. The van der Waals surface area contributed by atoms with Gasteiger partial charge in [0, 0.05) is 25.3 Å². The lowest BCUT2D eigenvalue weighted by atomic mass is 10.0. The number of nitrogens with zero attached hydrogens (tertiary/aromatic N) is 2. The number of ether oxygens (including phenoxy) is 1. The molecule has 2 aliphatic rings. The minimum absolute atomic E-state index is 0. The summed E-state index contributed by atoms with van der Waals surface area (Å²) in [6.07, 6.45) is 4.22. The number of hydrogen-bond acceptors (Lipinski definition) is 4. The number of fused-ring (bicyclic) bond motifs is 1. The third kappa shape index (κ3) is 4.31. The molecule has 1 saturated carbocycles. The van der Waals surface area contributed by atoms with Crippen LogP contribution in [-0.4, -0.2) is 42.4 Å². The number of aromatic nitrogens is 1. The first-order valence-corrected chi connectivity index (χ1v) is 9.96. The normalized spacial score (nSPS) is 17.4. The van der Waals surface area contributed by atoms with E-state index < -0.39 is 22.8 Å². The number of anilines is 1. The second-order valence-electron chi connectivity index (χ2n) is 7.74. The molecule has 4 rings (SSSR count). The van der Waals surface area contributed by atoms with Gasteiger partial charge in [0.1, 0.15) is 17.8 Å². The van der Waals surface area contributed by atoms with Crippen LogP contribution in [0.2, 0.25) is 0 Å². The average Bonchev–Trinajstić information content (AvgIpc) is 3.58. The van der Waals surface area contributed by atoms with Gasteiger partial charge in [-0.25, -0.2) is 13.6 Å². The molecule has 0 spiro atoms. The van der Waals surface area contributed by atoms with Crippen molar-refractivity contribution in [1.29, 1.82) is 0 Å². The Bertz CT molecular complexity index is 1130. The van der Waals surface area contributed by atoms with Crippen molar-refractivity contribution in [2.45, 2.75) is 39.2 Å². The van der Waals surface area contributed by atoms with Gasteiger partial charge in [-0.15, -0.1) is 12.4 Å². The number of carboxylic acid groups (broad SMARTS) is 1. The van der Waals surface area contributed by atoms with Gasteiger partial charge in [-0.05, 0) is 37.3 Å². The third-order valence-corrected chi connectivity index (χ3v) is 5.78. The van der Waals surface area contributed by atoms with Crippen LogP contribution in [0.3, 0.4) is 0 Å². The minimum atomic E-state index is -1.35. The lowest BCUT2D eigenvalue weighted by Crippen LogP contribution is -2.51. The molecule has 176 valence electrons. The van der Waals surface area contributed by atoms with Crippen LogP contribution in [0, 0.1) is 5.82 Å². The topological polar surface area (TPSA) is 99.4 Å². The number of carboxylic acids is 1. The maximum atomic E-state index is 15.3. The molecule has 0 unspecified atom stereocenters. The number of benzene rings is 1. The Balaban J connectivity index is 0.00000181. The Labute approximate surface area is 190 Å². The molecule has 2 fully saturated rings. The number of methoxy groups -OCH3 is 1. The van der Waals surface area contributed by atoms with E-state index in [-0.39, 0.29) is 61.6 Å². The van der Waals surface area contributed by atoms with Gasteiger partial charge in [0.15, 0.2) is 17.4 Å². The Morgan fingerprint density at radius 3 is 2.62 bits per heavy atom. The highest BCUT2D eigenvalue weighted by atomic mass is 35.5. The molecule has 4 N–H and O–H groups in total. The fourth-order valence-electron chi connectivity index (χ4n) is 4.19. The predicted octanol–water partition coefficient (Wildman–Crippen LogP) is 3.31. The number of halogens is 3. The molecule has 1 aromatic carbocycles. The highest BCUT2D eigenvalue weighted by Crippen LogP contribution is 2.44. The molecule has 2 aromatic rings. The number of quaternary nitrogens is 1. The fraction of sp³-hybridized carbons (Fsp3) is 0.455. The maximum absolute atomic E-state index is 15.3. The van der Waals surface area contributed by atoms with E-state index in [0.29, 0.717) is 30.5 Å². The van der Waals surface area contributed by atoms with Crippen molar-refractivity contribution in [3.63, 3.8) is 0 Å². The van der Waals surface area contributed by atoms with E-state index in [4.69, 9.17) is 4.74 Å². The van der Waals surface area contributed by atoms with Gasteiger partial charge in [0.2, 0.25) is 5.43 Å².